The fourth-order valence-electron chi connectivity index (χ4n) is 3.18. The van der Waals surface area contributed by atoms with Crippen LogP contribution < -0.4 is 5.32 Å². The molecule has 1 aromatic carbocycles. The van der Waals surface area contributed by atoms with E-state index in [1.807, 2.05) is 36.7 Å². The summed E-state index contributed by atoms with van der Waals surface area (Å²) in [5.41, 5.74) is 2.47. The molecule has 1 N–H and O–H groups in total. The maximum atomic E-state index is 13.2. The summed E-state index contributed by atoms with van der Waals surface area (Å²) in [5, 5.41) is 2.90. The summed E-state index contributed by atoms with van der Waals surface area (Å²) < 4.78 is 2.07. The Balaban J connectivity index is 1.75. The number of nitrogens with one attached hydrogen (secondary N) is 1. The van der Waals surface area contributed by atoms with Crippen molar-refractivity contribution >= 4 is 11.8 Å². The number of carbonyl (C=O) groups is 2. The summed E-state index contributed by atoms with van der Waals surface area (Å²) in [6.45, 7) is 3.44. The largest absolute Gasteiger partial charge is 0.354 e. The van der Waals surface area contributed by atoms with Crippen molar-refractivity contribution in [2.45, 2.75) is 32.5 Å². The van der Waals surface area contributed by atoms with Crippen molar-refractivity contribution in [1.29, 1.82) is 0 Å². The molecule has 150 valence electrons. The minimum atomic E-state index is -0.676. The summed E-state index contributed by atoms with van der Waals surface area (Å²) in [6, 6.07) is 14.0. The first kappa shape index (κ1) is 20.3. The third-order valence-corrected chi connectivity index (χ3v) is 4.77. The number of nitrogens with zero attached hydrogens (tertiary/aromatic N) is 3. The highest BCUT2D eigenvalue weighted by molar-refractivity contribution is 5.97. The summed E-state index contributed by atoms with van der Waals surface area (Å²) in [7, 11) is 1.76. The van der Waals surface area contributed by atoms with Gasteiger partial charge in [-0.25, -0.2) is 0 Å². The van der Waals surface area contributed by atoms with Gasteiger partial charge in [0.1, 0.15) is 6.04 Å². The molecule has 0 radical (unpaired) electrons. The second-order valence-electron chi connectivity index (χ2n) is 7.00. The van der Waals surface area contributed by atoms with Crippen LogP contribution in [0.25, 0.3) is 0 Å². The number of hydrogen-bond acceptors (Lipinski definition) is 3. The van der Waals surface area contributed by atoms with Crippen LogP contribution in [0, 0.1) is 0 Å². The molecule has 29 heavy (non-hydrogen) atoms. The molecule has 1 atom stereocenters. The summed E-state index contributed by atoms with van der Waals surface area (Å²) in [6.07, 6.45) is 7.82. The van der Waals surface area contributed by atoms with E-state index in [-0.39, 0.29) is 11.8 Å². The van der Waals surface area contributed by atoms with Crippen molar-refractivity contribution in [3.8, 4) is 0 Å². The van der Waals surface area contributed by atoms with Crippen LogP contribution in [0.3, 0.4) is 0 Å². The lowest BCUT2D eigenvalue weighted by Gasteiger charge is -2.24. The molecule has 0 aliphatic heterocycles. The second-order valence-corrected chi connectivity index (χ2v) is 7.00. The van der Waals surface area contributed by atoms with Crippen LogP contribution in [0.1, 0.15) is 28.4 Å². The Morgan fingerprint density at radius 2 is 1.90 bits per heavy atom. The zero-order chi connectivity index (χ0) is 20.6. The topological polar surface area (TPSA) is 67.2 Å². The smallest absolute Gasteiger partial charge is 0.251 e. The van der Waals surface area contributed by atoms with Crippen molar-refractivity contribution in [1.82, 2.24) is 19.8 Å². The number of aryl methyl sites for hydroxylation is 1. The van der Waals surface area contributed by atoms with Crippen molar-refractivity contribution in [3.63, 3.8) is 0 Å². The Morgan fingerprint density at radius 1 is 1.10 bits per heavy atom. The average Bonchev–Trinajstić information content (AvgIpc) is 3.21. The lowest BCUT2D eigenvalue weighted by molar-refractivity contribution is -0.132. The van der Waals surface area contributed by atoms with Crippen LogP contribution in [0.5, 0.6) is 0 Å². The molecule has 0 spiro atoms. The third-order valence-electron chi connectivity index (χ3n) is 4.77. The van der Waals surface area contributed by atoms with Gasteiger partial charge in [0, 0.05) is 56.9 Å². The van der Waals surface area contributed by atoms with Crippen LogP contribution in [0.15, 0.2) is 73.3 Å². The first-order valence-corrected chi connectivity index (χ1v) is 9.71. The zero-order valence-corrected chi connectivity index (χ0v) is 16.8. The standard InChI is InChI=1S/C23H26N4O2/c1-3-27-13-11-19(17-27)16-26(2)23(29)21(14-18-8-7-12-24-15-18)25-22(28)20-9-5-4-6-10-20/h4-13,15,17,21H,3,14,16H2,1-2H3,(H,25,28)/t21-/m1/s1. The molecule has 0 unspecified atom stereocenters. The lowest BCUT2D eigenvalue weighted by Crippen LogP contribution is -2.48. The predicted octanol–water partition coefficient (Wildman–Crippen LogP) is 2.90. The molecule has 0 saturated heterocycles. The van der Waals surface area contributed by atoms with E-state index in [1.165, 1.54) is 0 Å². The van der Waals surface area contributed by atoms with Gasteiger partial charge in [-0.15, -0.1) is 0 Å². The minimum absolute atomic E-state index is 0.137. The molecule has 0 aliphatic carbocycles. The van der Waals surface area contributed by atoms with Crippen LogP contribution in [0.4, 0.5) is 0 Å². The molecule has 3 rings (SSSR count). The van der Waals surface area contributed by atoms with E-state index in [2.05, 4.69) is 21.8 Å². The quantitative estimate of drug-likeness (QED) is 0.643. The van der Waals surface area contributed by atoms with Crippen molar-refractivity contribution in [2.24, 2.45) is 0 Å². The molecular weight excluding hydrogens is 364 g/mol. The van der Waals surface area contributed by atoms with Gasteiger partial charge in [-0.3, -0.25) is 14.6 Å². The third kappa shape index (κ3) is 5.54. The molecule has 2 aromatic heterocycles. The van der Waals surface area contributed by atoms with Crippen LogP contribution in [0.2, 0.25) is 0 Å². The first-order valence-electron chi connectivity index (χ1n) is 9.71. The normalized spacial score (nSPS) is 11.7. The van der Waals surface area contributed by atoms with E-state index in [0.717, 1.165) is 17.7 Å². The van der Waals surface area contributed by atoms with Crippen LogP contribution in [-0.2, 0) is 24.3 Å². The number of pyridine rings is 1. The Labute approximate surface area is 171 Å². The van der Waals surface area contributed by atoms with E-state index in [1.54, 1.807) is 48.6 Å². The van der Waals surface area contributed by atoms with E-state index in [0.29, 0.717) is 18.5 Å². The number of aromatic nitrogens is 2. The van der Waals surface area contributed by atoms with E-state index in [4.69, 9.17) is 0 Å². The fraction of sp³-hybridized carbons (Fsp3) is 0.261. The Kier molecular flexibility index (Phi) is 6.79. The minimum Gasteiger partial charge on any atom is -0.354 e. The van der Waals surface area contributed by atoms with Gasteiger partial charge >= 0.3 is 0 Å². The monoisotopic (exact) mass is 390 g/mol. The zero-order valence-electron chi connectivity index (χ0n) is 16.8. The molecule has 0 fully saturated rings. The summed E-state index contributed by atoms with van der Waals surface area (Å²) in [5.74, 6) is -0.402. The number of rotatable bonds is 8. The SMILES string of the molecule is CCn1ccc(CN(C)C(=O)[C@@H](Cc2cccnc2)NC(=O)c2ccccc2)c1. The number of likely N-dealkylation sites (N-methyl/N-ethyl adjacent to an activating group) is 1. The molecule has 0 saturated carbocycles. The van der Waals surface area contributed by atoms with E-state index < -0.39 is 6.04 Å². The Morgan fingerprint density at radius 3 is 2.55 bits per heavy atom. The van der Waals surface area contributed by atoms with Gasteiger partial charge < -0.3 is 14.8 Å². The first-order chi connectivity index (χ1) is 14.1. The van der Waals surface area contributed by atoms with Gasteiger partial charge in [0.05, 0.1) is 0 Å². The highest BCUT2D eigenvalue weighted by atomic mass is 16.2. The van der Waals surface area contributed by atoms with Crippen LogP contribution >= 0.6 is 0 Å². The number of hydrogen-bond donors (Lipinski definition) is 1. The van der Waals surface area contributed by atoms with Gasteiger partial charge in [-0.1, -0.05) is 24.3 Å². The maximum Gasteiger partial charge on any atom is 0.251 e. The molecule has 6 nitrogen and oxygen atoms in total. The van der Waals surface area contributed by atoms with Crippen molar-refractivity contribution in [3.05, 3.63) is 90.0 Å². The summed E-state index contributed by atoms with van der Waals surface area (Å²) >= 11 is 0. The van der Waals surface area contributed by atoms with Gasteiger partial charge in [-0.05, 0) is 42.3 Å². The van der Waals surface area contributed by atoms with Gasteiger partial charge in [-0.2, -0.15) is 0 Å². The Hall–Kier alpha value is -3.41. The van der Waals surface area contributed by atoms with Crippen molar-refractivity contribution < 1.29 is 9.59 Å². The highest BCUT2D eigenvalue weighted by Gasteiger charge is 2.25. The maximum absolute atomic E-state index is 13.2. The van der Waals surface area contributed by atoms with Crippen LogP contribution in [-0.4, -0.2) is 39.4 Å². The van der Waals surface area contributed by atoms with Gasteiger partial charge in [0.2, 0.25) is 5.91 Å². The number of carbonyl (C=O) groups excluding carboxylic acids is 2. The average molecular weight is 390 g/mol. The molecular formula is C23H26N4O2. The molecule has 6 heteroatoms. The van der Waals surface area contributed by atoms with Gasteiger partial charge in [0.15, 0.2) is 0 Å². The molecule has 2 amide bonds. The fourth-order valence-corrected chi connectivity index (χ4v) is 3.18. The molecule has 2 heterocycles. The second kappa shape index (κ2) is 9.68. The number of amides is 2. The molecule has 0 bridgehead atoms. The van der Waals surface area contributed by atoms with E-state index in [9.17, 15) is 9.59 Å². The van der Waals surface area contributed by atoms with E-state index >= 15 is 0 Å². The molecule has 0 aliphatic rings. The summed E-state index contributed by atoms with van der Waals surface area (Å²) in [4.78, 5) is 31.6. The lowest BCUT2D eigenvalue weighted by atomic mass is 10.1. The predicted molar refractivity (Wildman–Crippen MR) is 112 cm³/mol. The number of benzene rings is 1. The van der Waals surface area contributed by atoms with Crippen molar-refractivity contribution in [2.75, 3.05) is 7.05 Å². The molecule has 3 aromatic rings. The Bertz CT molecular complexity index is 938. The highest BCUT2D eigenvalue weighted by Crippen LogP contribution is 2.10. The van der Waals surface area contributed by atoms with Gasteiger partial charge in [0.25, 0.3) is 5.91 Å².